The van der Waals surface area contributed by atoms with Crippen LogP contribution in [0.4, 0.5) is 5.82 Å². The van der Waals surface area contributed by atoms with Gasteiger partial charge in [0.1, 0.15) is 11.6 Å². The number of carbonyl (C=O) groups excluding carboxylic acids is 1. The van der Waals surface area contributed by atoms with Crippen LogP contribution >= 0.6 is 0 Å². The summed E-state index contributed by atoms with van der Waals surface area (Å²) in [6.45, 7) is 6.07. The Kier molecular flexibility index (Phi) is 5.00. The van der Waals surface area contributed by atoms with Crippen LogP contribution in [-0.2, 0) is 4.79 Å². The molecule has 1 atom stereocenters. The van der Waals surface area contributed by atoms with Crippen molar-refractivity contribution < 1.29 is 9.21 Å². The van der Waals surface area contributed by atoms with Crippen molar-refractivity contribution in [1.82, 2.24) is 15.1 Å². The molecule has 0 fully saturated rings. The number of benzene rings is 1. The molecule has 25 heavy (non-hydrogen) atoms. The summed E-state index contributed by atoms with van der Waals surface area (Å²) in [7, 11) is 0. The molecule has 0 aliphatic carbocycles. The highest BCUT2D eigenvalue weighted by molar-refractivity contribution is 5.91. The number of rotatable bonds is 6. The van der Waals surface area contributed by atoms with Gasteiger partial charge in [-0.15, -0.1) is 0 Å². The van der Waals surface area contributed by atoms with Crippen LogP contribution in [0.15, 0.2) is 53.1 Å². The monoisotopic (exact) mass is 338 g/mol. The highest BCUT2D eigenvalue weighted by atomic mass is 16.3. The van der Waals surface area contributed by atoms with E-state index in [9.17, 15) is 4.79 Å². The van der Waals surface area contributed by atoms with Crippen molar-refractivity contribution in [2.24, 2.45) is 0 Å². The van der Waals surface area contributed by atoms with Gasteiger partial charge in [-0.25, -0.2) is 4.68 Å². The van der Waals surface area contributed by atoms with Crippen LogP contribution in [0, 0.1) is 13.8 Å². The molecule has 2 heterocycles. The highest BCUT2D eigenvalue weighted by Crippen LogP contribution is 2.18. The standard InChI is InChI=1S/C19H22N4O2/c1-13-6-8-16(9-7-13)23-18(11-14(2)22-23)21-19(24)12-20-15(3)17-5-4-10-25-17/h4-11,15,20H,12H2,1-3H3,(H,21,24)/t15-/m0/s1. The number of aromatic nitrogens is 2. The molecule has 0 spiro atoms. The third kappa shape index (κ3) is 4.16. The zero-order valence-corrected chi connectivity index (χ0v) is 14.6. The Morgan fingerprint density at radius 1 is 1.24 bits per heavy atom. The number of anilines is 1. The van der Waals surface area contributed by atoms with Crippen molar-refractivity contribution >= 4 is 11.7 Å². The molecule has 0 aliphatic heterocycles. The summed E-state index contributed by atoms with van der Waals surface area (Å²) in [5.74, 6) is 1.32. The molecule has 2 aromatic heterocycles. The Morgan fingerprint density at radius 3 is 2.68 bits per heavy atom. The van der Waals surface area contributed by atoms with Gasteiger partial charge < -0.3 is 9.73 Å². The average Bonchev–Trinajstić information content (AvgIpc) is 3.23. The molecule has 3 rings (SSSR count). The van der Waals surface area contributed by atoms with Crippen LogP contribution in [0.25, 0.3) is 5.69 Å². The van der Waals surface area contributed by atoms with Gasteiger partial charge in [-0.1, -0.05) is 17.7 Å². The molecule has 0 saturated heterocycles. The average molecular weight is 338 g/mol. The zero-order valence-electron chi connectivity index (χ0n) is 14.6. The van der Waals surface area contributed by atoms with E-state index >= 15 is 0 Å². The van der Waals surface area contributed by atoms with Crippen LogP contribution in [0.2, 0.25) is 0 Å². The van der Waals surface area contributed by atoms with Gasteiger partial charge in [-0.05, 0) is 45.0 Å². The zero-order chi connectivity index (χ0) is 17.8. The lowest BCUT2D eigenvalue weighted by atomic mass is 10.2. The second-order valence-corrected chi connectivity index (χ2v) is 6.08. The molecule has 130 valence electrons. The van der Waals surface area contributed by atoms with Crippen molar-refractivity contribution in [3.8, 4) is 5.69 Å². The number of amides is 1. The molecule has 1 aromatic carbocycles. The van der Waals surface area contributed by atoms with Crippen molar-refractivity contribution in [1.29, 1.82) is 0 Å². The quantitative estimate of drug-likeness (QED) is 0.723. The molecular formula is C19H22N4O2. The third-order valence-corrected chi connectivity index (χ3v) is 3.92. The summed E-state index contributed by atoms with van der Waals surface area (Å²) < 4.78 is 7.07. The summed E-state index contributed by atoms with van der Waals surface area (Å²) in [4.78, 5) is 12.3. The minimum Gasteiger partial charge on any atom is -0.468 e. The smallest absolute Gasteiger partial charge is 0.239 e. The second kappa shape index (κ2) is 7.36. The molecule has 6 heteroatoms. The Bertz CT molecular complexity index is 835. The SMILES string of the molecule is Cc1ccc(-n2nc(C)cc2NC(=O)CN[C@@H](C)c2ccco2)cc1. The predicted octanol–water partition coefficient (Wildman–Crippen LogP) is 3.37. The first kappa shape index (κ1) is 17.0. The van der Waals surface area contributed by atoms with Gasteiger partial charge in [0.2, 0.25) is 5.91 Å². The Morgan fingerprint density at radius 2 is 2.00 bits per heavy atom. The molecule has 1 amide bonds. The lowest BCUT2D eigenvalue weighted by Crippen LogP contribution is -2.30. The number of carbonyl (C=O) groups is 1. The van der Waals surface area contributed by atoms with Crippen LogP contribution in [0.1, 0.15) is 30.0 Å². The van der Waals surface area contributed by atoms with Gasteiger partial charge in [-0.2, -0.15) is 5.10 Å². The number of furan rings is 1. The highest BCUT2D eigenvalue weighted by Gasteiger charge is 2.13. The summed E-state index contributed by atoms with van der Waals surface area (Å²) in [5, 5.41) is 10.5. The van der Waals surface area contributed by atoms with E-state index in [0.717, 1.165) is 17.1 Å². The minimum atomic E-state index is -0.133. The topological polar surface area (TPSA) is 72.1 Å². The number of hydrogen-bond donors (Lipinski definition) is 2. The van der Waals surface area contributed by atoms with Crippen molar-refractivity contribution in [2.45, 2.75) is 26.8 Å². The number of nitrogens with zero attached hydrogens (tertiary/aromatic N) is 2. The molecule has 0 unspecified atom stereocenters. The van der Waals surface area contributed by atoms with Crippen molar-refractivity contribution in [3.05, 3.63) is 65.7 Å². The molecule has 0 aliphatic rings. The largest absolute Gasteiger partial charge is 0.468 e. The maximum Gasteiger partial charge on any atom is 0.239 e. The first-order chi connectivity index (χ1) is 12.0. The Labute approximate surface area is 146 Å². The summed E-state index contributed by atoms with van der Waals surface area (Å²) in [6.07, 6.45) is 1.62. The third-order valence-electron chi connectivity index (χ3n) is 3.92. The van der Waals surface area contributed by atoms with Gasteiger partial charge in [0, 0.05) is 6.07 Å². The molecule has 6 nitrogen and oxygen atoms in total. The van der Waals surface area contributed by atoms with E-state index in [2.05, 4.69) is 15.7 Å². The van der Waals surface area contributed by atoms with Gasteiger partial charge in [0.25, 0.3) is 0 Å². The van der Waals surface area contributed by atoms with E-state index in [0.29, 0.717) is 5.82 Å². The van der Waals surface area contributed by atoms with E-state index in [1.165, 1.54) is 5.56 Å². The molecule has 0 saturated carbocycles. The normalized spacial score (nSPS) is 12.1. The van der Waals surface area contributed by atoms with Crippen LogP contribution < -0.4 is 10.6 Å². The lowest BCUT2D eigenvalue weighted by Gasteiger charge is -2.12. The maximum absolute atomic E-state index is 12.3. The van der Waals surface area contributed by atoms with Gasteiger partial charge in [-0.3, -0.25) is 10.1 Å². The summed E-state index contributed by atoms with van der Waals surface area (Å²) in [5.41, 5.74) is 2.92. The summed E-state index contributed by atoms with van der Waals surface area (Å²) in [6, 6.07) is 13.5. The number of nitrogens with one attached hydrogen (secondary N) is 2. The van der Waals surface area contributed by atoms with Gasteiger partial charge in [0.05, 0.1) is 30.2 Å². The first-order valence-electron chi connectivity index (χ1n) is 8.23. The lowest BCUT2D eigenvalue weighted by molar-refractivity contribution is -0.115. The maximum atomic E-state index is 12.3. The van der Waals surface area contributed by atoms with Gasteiger partial charge >= 0.3 is 0 Å². The van der Waals surface area contributed by atoms with E-state index in [-0.39, 0.29) is 18.5 Å². The first-order valence-corrected chi connectivity index (χ1v) is 8.23. The fraction of sp³-hybridized carbons (Fsp3) is 0.263. The number of hydrogen-bond acceptors (Lipinski definition) is 4. The number of aryl methyl sites for hydroxylation is 2. The fourth-order valence-electron chi connectivity index (χ4n) is 2.54. The minimum absolute atomic E-state index is 0.0375. The molecular weight excluding hydrogens is 316 g/mol. The van der Waals surface area contributed by atoms with Crippen molar-refractivity contribution in [2.75, 3.05) is 11.9 Å². The summed E-state index contributed by atoms with van der Waals surface area (Å²) >= 11 is 0. The van der Waals surface area contributed by atoms with Crippen LogP contribution in [0.3, 0.4) is 0 Å². The molecule has 3 aromatic rings. The van der Waals surface area contributed by atoms with E-state index in [4.69, 9.17) is 4.42 Å². The van der Waals surface area contributed by atoms with Gasteiger partial charge in [0.15, 0.2) is 0 Å². The molecule has 0 radical (unpaired) electrons. The van der Waals surface area contributed by atoms with Crippen LogP contribution in [-0.4, -0.2) is 22.2 Å². The Balaban J connectivity index is 1.66. The van der Waals surface area contributed by atoms with Crippen LogP contribution in [0.5, 0.6) is 0 Å². The predicted molar refractivity (Wildman–Crippen MR) is 96.8 cm³/mol. The van der Waals surface area contributed by atoms with E-state index in [1.807, 2.05) is 63.2 Å². The second-order valence-electron chi connectivity index (χ2n) is 6.08. The molecule has 0 bridgehead atoms. The molecule has 2 N–H and O–H groups in total. The Hall–Kier alpha value is -2.86. The van der Waals surface area contributed by atoms with E-state index < -0.39 is 0 Å². The van der Waals surface area contributed by atoms with E-state index in [1.54, 1.807) is 10.9 Å². The fourth-order valence-corrected chi connectivity index (χ4v) is 2.54. The van der Waals surface area contributed by atoms with Crippen molar-refractivity contribution in [3.63, 3.8) is 0 Å².